The van der Waals surface area contributed by atoms with Gasteiger partial charge in [0.05, 0.1) is 5.69 Å². The molecule has 1 N–H and O–H groups in total. The van der Waals surface area contributed by atoms with Crippen molar-refractivity contribution in [2.75, 3.05) is 0 Å². The largest absolute Gasteiger partial charge is 0.486 e. The molecule has 0 atom stereocenters. The van der Waals surface area contributed by atoms with Gasteiger partial charge in [-0.05, 0) is 18.3 Å². The summed E-state index contributed by atoms with van der Waals surface area (Å²) in [5.41, 5.74) is 0.257. The van der Waals surface area contributed by atoms with Gasteiger partial charge in [-0.15, -0.1) is 0 Å². The highest BCUT2D eigenvalue weighted by atomic mass is 32.1. The van der Waals surface area contributed by atoms with Crippen LogP contribution in [-0.4, -0.2) is 10.1 Å². The Bertz CT molecular complexity index is 178. The lowest BCUT2D eigenvalue weighted by atomic mass is 10.6. The summed E-state index contributed by atoms with van der Waals surface area (Å²) in [4.78, 5) is 3.41. The lowest BCUT2D eigenvalue weighted by Gasteiger charge is -1.72. The van der Waals surface area contributed by atoms with E-state index in [9.17, 15) is 4.39 Å². The molecule has 0 aromatic carbocycles. The number of halogens is 1. The smallest absolute Gasteiger partial charge is 0.273 e. The third-order valence-corrected chi connectivity index (χ3v) is 1.48. The normalized spacial score (nSPS) is 9.75. The fourth-order valence-electron chi connectivity index (χ4n) is 0.364. The van der Waals surface area contributed by atoms with Gasteiger partial charge in [0, 0.05) is 0 Å². The first-order chi connectivity index (χ1) is 3.70. The maximum atomic E-state index is 12.1. The molecule has 0 unspecified atom stereocenters. The maximum absolute atomic E-state index is 12.1. The number of aromatic hydroxyl groups is 1. The lowest BCUT2D eigenvalue weighted by molar-refractivity contribution is 0.470. The molecular weight excluding hydrogens is 129 g/mol. The zero-order chi connectivity index (χ0) is 6.15. The molecule has 4 heteroatoms. The molecule has 0 aliphatic heterocycles. The number of hydrogen-bond donors (Lipinski definition) is 1. The van der Waals surface area contributed by atoms with Crippen molar-refractivity contribution in [3.63, 3.8) is 0 Å². The third-order valence-electron chi connectivity index (χ3n) is 0.729. The minimum absolute atomic E-state index is 0.208. The molecule has 1 aromatic rings. The van der Waals surface area contributed by atoms with Crippen LogP contribution in [0.4, 0.5) is 4.39 Å². The van der Waals surface area contributed by atoms with Gasteiger partial charge >= 0.3 is 0 Å². The number of rotatable bonds is 0. The van der Waals surface area contributed by atoms with Gasteiger partial charge in [-0.2, -0.15) is 4.39 Å². The predicted molar refractivity (Wildman–Crippen MR) is 28.5 cm³/mol. The molecule has 0 aliphatic carbocycles. The Labute approximate surface area is 49.6 Å². The van der Waals surface area contributed by atoms with E-state index < -0.39 is 5.13 Å². The second-order valence-electron chi connectivity index (χ2n) is 1.36. The molecule has 0 aliphatic rings. The summed E-state index contributed by atoms with van der Waals surface area (Å²) in [7, 11) is 0. The van der Waals surface area contributed by atoms with Crippen LogP contribution < -0.4 is 0 Å². The van der Waals surface area contributed by atoms with Crippen LogP contribution in [0.2, 0.25) is 0 Å². The molecule has 0 bridgehead atoms. The van der Waals surface area contributed by atoms with Crippen LogP contribution in [-0.2, 0) is 0 Å². The summed E-state index contributed by atoms with van der Waals surface area (Å²) in [6, 6.07) is 0. The van der Waals surface area contributed by atoms with E-state index in [2.05, 4.69) is 4.98 Å². The summed E-state index contributed by atoms with van der Waals surface area (Å²) in [6.45, 7) is 1.51. The molecule has 0 saturated carbocycles. The standard InChI is InChI=1S/C4H4FNOS/c1-2-3(5)8-4(7)6-2/h1H3,(H,6,7). The number of aromatic nitrogens is 1. The monoisotopic (exact) mass is 133 g/mol. The first kappa shape index (κ1) is 5.50. The van der Waals surface area contributed by atoms with Crippen molar-refractivity contribution in [2.45, 2.75) is 6.92 Å². The topological polar surface area (TPSA) is 33.1 Å². The summed E-state index contributed by atoms with van der Waals surface area (Å²) >= 11 is 0.647. The first-order valence-corrected chi connectivity index (χ1v) is 2.83. The second kappa shape index (κ2) is 1.70. The van der Waals surface area contributed by atoms with Crippen molar-refractivity contribution in [1.29, 1.82) is 0 Å². The molecule has 0 amide bonds. The van der Waals surface area contributed by atoms with Crippen LogP contribution in [0.1, 0.15) is 5.69 Å². The van der Waals surface area contributed by atoms with Gasteiger partial charge in [0.15, 0.2) is 0 Å². The van der Waals surface area contributed by atoms with E-state index in [0.717, 1.165) is 0 Å². The fourth-order valence-corrected chi connectivity index (χ4v) is 0.900. The van der Waals surface area contributed by atoms with E-state index >= 15 is 0 Å². The third kappa shape index (κ3) is 0.790. The summed E-state index contributed by atoms with van der Waals surface area (Å²) in [5, 5.41) is 7.88. The molecule has 0 saturated heterocycles. The van der Waals surface area contributed by atoms with Gasteiger partial charge < -0.3 is 5.11 Å². The SMILES string of the molecule is Cc1nc(O)sc1F. The van der Waals surface area contributed by atoms with Gasteiger partial charge in [-0.1, -0.05) is 0 Å². The maximum Gasteiger partial charge on any atom is 0.273 e. The summed E-state index contributed by atoms with van der Waals surface area (Å²) in [5.74, 6) is 0. The zero-order valence-electron chi connectivity index (χ0n) is 4.18. The molecule has 8 heavy (non-hydrogen) atoms. The Morgan fingerprint density at radius 3 is 2.50 bits per heavy atom. The van der Waals surface area contributed by atoms with Crippen molar-refractivity contribution in [3.05, 3.63) is 10.8 Å². The summed E-state index contributed by atoms with van der Waals surface area (Å²) in [6.07, 6.45) is 0. The minimum Gasteiger partial charge on any atom is -0.486 e. The van der Waals surface area contributed by atoms with Crippen molar-refractivity contribution in [1.82, 2.24) is 4.98 Å². The van der Waals surface area contributed by atoms with Crippen molar-refractivity contribution < 1.29 is 9.50 Å². The van der Waals surface area contributed by atoms with E-state index in [1.807, 2.05) is 0 Å². The van der Waals surface area contributed by atoms with Gasteiger partial charge in [-0.3, -0.25) is 0 Å². The number of thiazole rings is 1. The van der Waals surface area contributed by atoms with Crippen LogP contribution in [0.5, 0.6) is 5.19 Å². The molecule has 0 spiro atoms. The highest BCUT2D eigenvalue weighted by Crippen LogP contribution is 2.20. The minimum atomic E-state index is -0.414. The van der Waals surface area contributed by atoms with E-state index in [4.69, 9.17) is 5.11 Å². The van der Waals surface area contributed by atoms with Gasteiger partial charge in [0.25, 0.3) is 5.19 Å². The van der Waals surface area contributed by atoms with Gasteiger partial charge in [0.1, 0.15) is 0 Å². The van der Waals surface area contributed by atoms with Crippen LogP contribution >= 0.6 is 11.3 Å². The molecular formula is C4H4FNOS. The van der Waals surface area contributed by atoms with Crippen molar-refractivity contribution in [3.8, 4) is 5.19 Å². The highest BCUT2D eigenvalue weighted by molar-refractivity contribution is 7.11. The Morgan fingerprint density at radius 1 is 1.75 bits per heavy atom. The Balaban J connectivity index is 3.14. The first-order valence-electron chi connectivity index (χ1n) is 2.02. The van der Waals surface area contributed by atoms with E-state index in [0.29, 0.717) is 11.3 Å². The molecule has 44 valence electrons. The molecule has 2 nitrogen and oxygen atoms in total. The number of hydrogen-bond acceptors (Lipinski definition) is 3. The molecule has 1 heterocycles. The Kier molecular flexibility index (Phi) is 1.17. The summed E-state index contributed by atoms with van der Waals surface area (Å²) < 4.78 is 12.1. The van der Waals surface area contributed by atoms with Crippen molar-refractivity contribution >= 4 is 11.3 Å². The highest BCUT2D eigenvalue weighted by Gasteiger charge is 2.02. The van der Waals surface area contributed by atoms with Gasteiger partial charge in [0.2, 0.25) is 5.13 Å². The zero-order valence-corrected chi connectivity index (χ0v) is 5.00. The fraction of sp³-hybridized carbons (Fsp3) is 0.250. The molecule has 0 radical (unpaired) electrons. The molecule has 0 fully saturated rings. The Morgan fingerprint density at radius 2 is 2.38 bits per heavy atom. The Hall–Kier alpha value is -0.640. The van der Waals surface area contributed by atoms with Crippen LogP contribution in [0.25, 0.3) is 0 Å². The van der Waals surface area contributed by atoms with Crippen LogP contribution in [0.3, 0.4) is 0 Å². The van der Waals surface area contributed by atoms with Crippen LogP contribution in [0.15, 0.2) is 0 Å². The van der Waals surface area contributed by atoms with Crippen LogP contribution in [0, 0.1) is 12.1 Å². The molecule has 1 rings (SSSR count). The number of nitrogens with zero attached hydrogens (tertiary/aromatic N) is 1. The van der Waals surface area contributed by atoms with E-state index in [-0.39, 0.29) is 10.9 Å². The van der Waals surface area contributed by atoms with Gasteiger partial charge in [-0.25, -0.2) is 4.98 Å². The lowest BCUT2D eigenvalue weighted by Crippen LogP contribution is -1.70. The molecule has 1 aromatic heterocycles. The average Bonchev–Trinajstić information content (AvgIpc) is 1.85. The second-order valence-corrected chi connectivity index (χ2v) is 2.28. The van der Waals surface area contributed by atoms with Crippen molar-refractivity contribution in [2.24, 2.45) is 0 Å². The van der Waals surface area contributed by atoms with E-state index in [1.165, 1.54) is 6.92 Å². The quantitative estimate of drug-likeness (QED) is 0.578. The van der Waals surface area contributed by atoms with E-state index in [1.54, 1.807) is 0 Å². The number of aryl methyl sites for hydroxylation is 1. The predicted octanol–water partition coefficient (Wildman–Crippen LogP) is 1.30. The average molecular weight is 133 g/mol.